The van der Waals surface area contributed by atoms with Crippen molar-refractivity contribution in [2.45, 2.75) is 44.6 Å². The molecule has 8 nitrogen and oxygen atoms in total. The molecule has 3 heterocycles. The molecule has 2 fully saturated rings. The lowest BCUT2D eigenvalue weighted by Gasteiger charge is -2.36. The van der Waals surface area contributed by atoms with Crippen LogP contribution in [0, 0.1) is 5.92 Å². The summed E-state index contributed by atoms with van der Waals surface area (Å²) in [4.78, 5) is 13.4. The summed E-state index contributed by atoms with van der Waals surface area (Å²) in [7, 11) is 0. The number of hydrogen-bond acceptors (Lipinski definition) is 7. The van der Waals surface area contributed by atoms with E-state index in [0.717, 1.165) is 44.6 Å². The number of nitrogens with zero attached hydrogens (tertiary/aromatic N) is 5. The largest absolute Gasteiger partial charge is 0.396 e. The number of imidazole rings is 1. The highest BCUT2D eigenvalue weighted by Gasteiger charge is 2.26. The maximum absolute atomic E-state index is 14.1. The molecule has 1 aliphatic heterocycles. The van der Waals surface area contributed by atoms with Crippen molar-refractivity contribution in [1.82, 2.24) is 19.4 Å². The van der Waals surface area contributed by atoms with Crippen LogP contribution in [-0.2, 0) is 4.74 Å². The Hall–Kier alpha value is -2.89. The predicted molar refractivity (Wildman–Crippen MR) is 150 cm³/mol. The maximum Gasteiger partial charge on any atom is 0.295 e. The molecule has 0 bridgehead atoms. The molecule has 0 spiro atoms. The van der Waals surface area contributed by atoms with Crippen molar-refractivity contribution < 1.29 is 23.0 Å². The molecule has 40 heavy (non-hydrogen) atoms. The van der Waals surface area contributed by atoms with Gasteiger partial charge in [-0.05, 0) is 50.2 Å². The quantitative estimate of drug-likeness (QED) is 0.329. The van der Waals surface area contributed by atoms with Crippen LogP contribution in [0.15, 0.2) is 36.4 Å². The summed E-state index contributed by atoms with van der Waals surface area (Å²) in [5.74, 6) is 1.50. The highest BCUT2D eigenvalue weighted by Crippen LogP contribution is 2.32. The average Bonchev–Trinajstić information content (AvgIpc) is 3.39. The normalized spacial score (nSPS) is 20.1. The lowest BCUT2D eigenvalue weighted by molar-refractivity contribution is 0.120. The van der Waals surface area contributed by atoms with E-state index >= 15 is 0 Å². The third-order valence-electron chi connectivity index (χ3n) is 8.05. The Morgan fingerprint density at radius 2 is 1.82 bits per heavy atom. The molecule has 1 aliphatic carbocycles. The molecule has 5 rings (SSSR count). The van der Waals surface area contributed by atoms with Gasteiger partial charge in [0.1, 0.15) is 18.3 Å². The molecular formula is C29H39F3N6O2. The Morgan fingerprint density at radius 1 is 1.05 bits per heavy atom. The lowest BCUT2D eigenvalue weighted by atomic mass is 9.85. The lowest BCUT2D eigenvalue weighted by Crippen LogP contribution is -2.41. The molecule has 0 unspecified atom stereocenters. The number of aliphatic hydroxyl groups excluding tert-OH is 1. The van der Waals surface area contributed by atoms with Crippen molar-refractivity contribution in [2.24, 2.45) is 5.92 Å². The minimum atomic E-state index is -2.73. The number of hydrogen-bond donors (Lipinski definition) is 2. The molecule has 2 aliphatic rings. The van der Waals surface area contributed by atoms with Gasteiger partial charge in [0.25, 0.3) is 6.43 Å². The molecule has 11 heteroatoms. The number of nitrogens with one attached hydrogen (secondary N) is 1. The van der Waals surface area contributed by atoms with Gasteiger partial charge in [-0.1, -0.05) is 12.1 Å². The smallest absolute Gasteiger partial charge is 0.295 e. The van der Waals surface area contributed by atoms with Crippen molar-refractivity contribution in [3.05, 3.63) is 42.2 Å². The molecule has 218 valence electrons. The van der Waals surface area contributed by atoms with Gasteiger partial charge >= 0.3 is 0 Å². The van der Waals surface area contributed by atoms with Gasteiger partial charge in [-0.3, -0.25) is 9.47 Å². The van der Waals surface area contributed by atoms with Gasteiger partial charge in [-0.15, -0.1) is 0 Å². The molecule has 3 aromatic rings. The third-order valence-corrected chi connectivity index (χ3v) is 8.05. The van der Waals surface area contributed by atoms with E-state index in [0.29, 0.717) is 73.8 Å². The second-order valence-corrected chi connectivity index (χ2v) is 10.6. The second-order valence-electron chi connectivity index (χ2n) is 10.6. The number of halogens is 3. The van der Waals surface area contributed by atoms with E-state index < -0.39 is 6.43 Å². The number of alkyl halides is 3. The monoisotopic (exact) mass is 560 g/mol. The van der Waals surface area contributed by atoms with E-state index in [1.54, 1.807) is 18.2 Å². The summed E-state index contributed by atoms with van der Waals surface area (Å²) in [6, 6.07) is 11.2. The van der Waals surface area contributed by atoms with Gasteiger partial charge < -0.3 is 20.1 Å². The molecular weight excluding hydrogens is 521 g/mol. The highest BCUT2D eigenvalue weighted by molar-refractivity contribution is 5.79. The molecule has 1 aromatic carbocycles. The van der Waals surface area contributed by atoms with Crippen LogP contribution in [0.25, 0.3) is 16.7 Å². The van der Waals surface area contributed by atoms with E-state index in [4.69, 9.17) is 9.72 Å². The Bertz CT molecular complexity index is 1230. The van der Waals surface area contributed by atoms with Crippen LogP contribution in [-0.4, -0.2) is 89.8 Å². The van der Waals surface area contributed by atoms with Crippen LogP contribution in [0.1, 0.15) is 44.4 Å². The summed E-state index contributed by atoms with van der Waals surface area (Å²) < 4.78 is 48.4. The van der Waals surface area contributed by atoms with Gasteiger partial charge in [0.15, 0.2) is 5.82 Å². The number of fused-ring (bicyclic) bond motifs is 1. The highest BCUT2D eigenvalue weighted by atomic mass is 19.3. The molecule has 2 aromatic heterocycles. The van der Waals surface area contributed by atoms with Crippen molar-refractivity contribution in [3.8, 4) is 5.69 Å². The summed E-state index contributed by atoms with van der Waals surface area (Å²) in [6.07, 6.45) is 1.93. The van der Waals surface area contributed by atoms with Crippen LogP contribution in [0.2, 0.25) is 0 Å². The molecule has 2 N–H and O–H groups in total. The molecule has 0 atom stereocenters. The Kier molecular flexibility index (Phi) is 9.77. The number of aromatic nitrogens is 3. The van der Waals surface area contributed by atoms with Crippen molar-refractivity contribution >= 4 is 22.7 Å². The molecule has 1 saturated heterocycles. The number of ether oxygens (including phenoxy) is 1. The first kappa shape index (κ1) is 28.6. The number of para-hydroxylation sites is 2. The van der Waals surface area contributed by atoms with Gasteiger partial charge in [-0.25, -0.2) is 23.1 Å². The van der Waals surface area contributed by atoms with E-state index in [9.17, 15) is 18.3 Å². The number of pyridine rings is 1. The third kappa shape index (κ3) is 6.70. The fourth-order valence-electron chi connectivity index (χ4n) is 5.96. The van der Waals surface area contributed by atoms with Crippen LogP contribution >= 0.6 is 0 Å². The van der Waals surface area contributed by atoms with Crippen molar-refractivity contribution in [1.29, 1.82) is 0 Å². The first-order valence-electron chi connectivity index (χ1n) is 14.3. The van der Waals surface area contributed by atoms with Gasteiger partial charge in [-0.2, -0.15) is 0 Å². The fraction of sp³-hybridized carbons (Fsp3) is 0.586. The standard InChI is InChI=1S/C29H39F3N6O2/c30-10-12-36(11-3-15-39)22-8-6-21(7-9-22)20-33-26-18-23(19-27(35-26)37-13-16-40-17-14-37)38-25-5-2-1-4-24(25)34-29(38)28(31)32/h1-2,4-5,18-19,21-22,28,39H,3,6-17,20H2,(H,33,35)/t21-,22-. The summed E-state index contributed by atoms with van der Waals surface area (Å²) >= 11 is 0. The topological polar surface area (TPSA) is 78.7 Å². The Morgan fingerprint density at radius 3 is 2.55 bits per heavy atom. The van der Waals surface area contributed by atoms with E-state index in [2.05, 4.69) is 20.1 Å². The predicted octanol–water partition coefficient (Wildman–Crippen LogP) is 4.82. The molecule has 0 radical (unpaired) electrons. The van der Waals surface area contributed by atoms with Crippen LogP contribution in [0.4, 0.5) is 24.8 Å². The SMILES string of the molecule is OCCCN(CCF)[C@H]1CC[C@H](CNc2cc(-n3c(C(F)F)nc4ccccc43)cc(N3CCOCC3)n2)CC1. The van der Waals surface area contributed by atoms with Crippen molar-refractivity contribution in [2.75, 3.05) is 69.4 Å². The summed E-state index contributed by atoms with van der Waals surface area (Å²) in [6.45, 7) is 4.14. The van der Waals surface area contributed by atoms with Gasteiger partial charge in [0, 0.05) is 57.5 Å². The zero-order valence-electron chi connectivity index (χ0n) is 22.8. The summed E-state index contributed by atoms with van der Waals surface area (Å²) in [5.41, 5.74) is 1.74. The number of morpholine rings is 1. The van der Waals surface area contributed by atoms with E-state index in [-0.39, 0.29) is 19.1 Å². The first-order valence-corrected chi connectivity index (χ1v) is 14.3. The van der Waals surface area contributed by atoms with E-state index in [1.807, 2.05) is 18.2 Å². The first-order chi connectivity index (χ1) is 19.6. The fourth-order valence-corrected chi connectivity index (χ4v) is 5.96. The number of rotatable bonds is 12. The Balaban J connectivity index is 1.35. The zero-order valence-corrected chi connectivity index (χ0v) is 22.8. The van der Waals surface area contributed by atoms with E-state index in [1.165, 1.54) is 4.57 Å². The summed E-state index contributed by atoms with van der Waals surface area (Å²) in [5, 5.41) is 12.7. The maximum atomic E-state index is 14.1. The number of anilines is 2. The van der Waals surface area contributed by atoms with Crippen LogP contribution in [0.3, 0.4) is 0 Å². The van der Waals surface area contributed by atoms with Crippen LogP contribution in [0.5, 0.6) is 0 Å². The second kappa shape index (κ2) is 13.6. The van der Waals surface area contributed by atoms with Gasteiger partial charge in [0.05, 0.1) is 29.9 Å². The van der Waals surface area contributed by atoms with Crippen LogP contribution < -0.4 is 10.2 Å². The molecule has 1 saturated carbocycles. The Labute approximate surface area is 233 Å². The minimum absolute atomic E-state index is 0.119. The van der Waals surface area contributed by atoms with Crippen molar-refractivity contribution in [3.63, 3.8) is 0 Å². The number of aliphatic hydroxyl groups is 1. The minimum Gasteiger partial charge on any atom is -0.396 e. The molecule has 0 amide bonds. The zero-order chi connectivity index (χ0) is 27.9. The number of benzene rings is 1. The average molecular weight is 561 g/mol. The van der Waals surface area contributed by atoms with Gasteiger partial charge in [0.2, 0.25) is 0 Å².